The summed E-state index contributed by atoms with van der Waals surface area (Å²) in [5, 5.41) is 0. The number of nitrogens with zero attached hydrogens (tertiary/aromatic N) is 2. The highest BCUT2D eigenvalue weighted by atomic mass is 127. The zero-order valence-electron chi connectivity index (χ0n) is 24.9. The van der Waals surface area contributed by atoms with E-state index in [2.05, 4.69) is 27.6 Å². The molecule has 9 nitrogen and oxygen atoms in total. The van der Waals surface area contributed by atoms with Crippen molar-refractivity contribution in [3.8, 4) is 23.0 Å². The van der Waals surface area contributed by atoms with E-state index in [0.717, 1.165) is 14.7 Å². The van der Waals surface area contributed by atoms with Gasteiger partial charge in [-0.2, -0.15) is 0 Å². The van der Waals surface area contributed by atoms with Gasteiger partial charge in [0, 0.05) is 0 Å². The number of carbonyl (C=O) groups is 1. The van der Waals surface area contributed by atoms with Crippen molar-refractivity contribution in [2.75, 3.05) is 27.9 Å². The second kappa shape index (κ2) is 13.7. The van der Waals surface area contributed by atoms with E-state index in [-0.39, 0.29) is 17.7 Å². The number of aromatic nitrogens is 1. The molecule has 11 heteroatoms. The zero-order chi connectivity index (χ0) is 31.4. The van der Waals surface area contributed by atoms with Gasteiger partial charge in [0.25, 0.3) is 5.56 Å². The summed E-state index contributed by atoms with van der Waals surface area (Å²) in [4.78, 5) is 32.4. The fraction of sp³-hybridized carbons (Fsp3) is 0.242. The van der Waals surface area contributed by atoms with E-state index in [1.165, 1.54) is 23.0 Å². The minimum atomic E-state index is -0.782. The van der Waals surface area contributed by atoms with Gasteiger partial charge in [-0.05, 0) is 83.5 Å². The smallest absolute Gasteiger partial charge is 0.338 e. The molecule has 44 heavy (non-hydrogen) atoms. The van der Waals surface area contributed by atoms with Crippen LogP contribution in [-0.4, -0.2) is 38.5 Å². The lowest BCUT2D eigenvalue weighted by Crippen LogP contribution is -2.40. The van der Waals surface area contributed by atoms with Crippen LogP contribution in [0.5, 0.6) is 23.0 Å². The third-order valence-corrected chi connectivity index (χ3v) is 8.80. The molecule has 228 valence electrons. The molecular weight excluding hydrogens is 695 g/mol. The van der Waals surface area contributed by atoms with Crippen molar-refractivity contribution < 1.29 is 28.5 Å². The Morgan fingerprint density at radius 2 is 1.73 bits per heavy atom. The Balaban J connectivity index is 1.61. The summed E-state index contributed by atoms with van der Waals surface area (Å²) in [6, 6.07) is 18.2. The Kier molecular flexibility index (Phi) is 9.74. The van der Waals surface area contributed by atoms with Crippen LogP contribution in [0.2, 0.25) is 0 Å². The van der Waals surface area contributed by atoms with Gasteiger partial charge in [-0.15, -0.1) is 0 Å². The third kappa shape index (κ3) is 6.25. The van der Waals surface area contributed by atoms with E-state index < -0.39 is 12.0 Å². The van der Waals surface area contributed by atoms with Gasteiger partial charge in [0.15, 0.2) is 27.8 Å². The molecule has 1 aliphatic heterocycles. The molecule has 0 spiro atoms. The molecule has 0 bridgehead atoms. The van der Waals surface area contributed by atoms with E-state index in [4.69, 9.17) is 23.7 Å². The molecule has 0 saturated carbocycles. The van der Waals surface area contributed by atoms with Crippen LogP contribution in [0.1, 0.15) is 36.6 Å². The molecule has 5 rings (SSSR count). The van der Waals surface area contributed by atoms with Crippen molar-refractivity contribution in [3.63, 3.8) is 0 Å². The third-order valence-electron chi connectivity index (χ3n) is 7.02. The predicted molar refractivity (Wildman–Crippen MR) is 176 cm³/mol. The van der Waals surface area contributed by atoms with Gasteiger partial charge in [-0.1, -0.05) is 47.7 Å². The van der Waals surface area contributed by atoms with Gasteiger partial charge < -0.3 is 23.7 Å². The Bertz CT molecular complexity index is 1910. The number of hydrogen-bond acceptors (Lipinski definition) is 9. The molecule has 4 aromatic rings. The number of rotatable bonds is 10. The molecule has 0 amide bonds. The average molecular weight is 727 g/mol. The number of carbonyl (C=O) groups excluding carboxylic acids is 1. The number of ether oxygens (including phenoxy) is 5. The number of allylic oxidation sites excluding steroid dienone is 1. The van der Waals surface area contributed by atoms with Gasteiger partial charge in [0.1, 0.15) is 6.61 Å². The van der Waals surface area contributed by atoms with Gasteiger partial charge in [0.05, 0.1) is 53.4 Å². The maximum atomic E-state index is 14.1. The van der Waals surface area contributed by atoms with Gasteiger partial charge in [0.2, 0.25) is 0 Å². The second-order valence-electron chi connectivity index (χ2n) is 9.73. The molecule has 2 heterocycles. The molecule has 0 N–H and O–H groups in total. The molecule has 0 aliphatic carbocycles. The van der Waals surface area contributed by atoms with Crippen LogP contribution in [0.25, 0.3) is 6.08 Å². The minimum absolute atomic E-state index is 0.185. The summed E-state index contributed by atoms with van der Waals surface area (Å²) in [6.45, 7) is 4.06. The van der Waals surface area contributed by atoms with Crippen LogP contribution >= 0.6 is 33.9 Å². The topological polar surface area (TPSA) is 97.6 Å². The molecule has 3 aromatic carbocycles. The highest BCUT2D eigenvalue weighted by Gasteiger charge is 2.34. The standard InChI is InChI=1S/C33H31IN2O7S/c1-6-42-32(38)28-19(2)35-33-36(29(28)22-12-13-24(39-3)25(17-22)40-4)31(37)27(44-33)16-21-14-23(34)30(26(15-21)41-5)43-18-20-10-8-7-9-11-20/h7-17,29H,6,18H2,1-5H3/b27-16+/t29-/m1/s1. The van der Waals surface area contributed by atoms with E-state index in [0.29, 0.717) is 50.2 Å². The monoisotopic (exact) mass is 726 g/mol. The van der Waals surface area contributed by atoms with Crippen molar-refractivity contribution in [1.82, 2.24) is 4.57 Å². The minimum Gasteiger partial charge on any atom is -0.493 e. The molecule has 0 radical (unpaired) electrons. The van der Waals surface area contributed by atoms with E-state index in [9.17, 15) is 9.59 Å². The molecule has 1 atom stereocenters. The van der Waals surface area contributed by atoms with Crippen molar-refractivity contribution in [2.45, 2.75) is 26.5 Å². The molecule has 0 saturated heterocycles. The Hall–Kier alpha value is -4.10. The van der Waals surface area contributed by atoms with E-state index in [1.807, 2.05) is 48.5 Å². The SMILES string of the molecule is CCOC(=O)C1=C(C)N=c2s/c(=C/c3cc(I)c(OCc4ccccc4)c(OC)c3)c(=O)n2[C@@H]1c1ccc(OC)c(OC)c1. The summed E-state index contributed by atoms with van der Waals surface area (Å²) in [6.07, 6.45) is 1.80. The summed E-state index contributed by atoms with van der Waals surface area (Å²) in [7, 11) is 4.67. The van der Waals surface area contributed by atoms with Crippen LogP contribution in [0.15, 0.2) is 81.7 Å². The fourth-order valence-electron chi connectivity index (χ4n) is 4.97. The lowest BCUT2D eigenvalue weighted by atomic mass is 9.95. The lowest BCUT2D eigenvalue weighted by Gasteiger charge is -2.25. The fourth-order valence-corrected chi connectivity index (χ4v) is 6.80. The van der Waals surface area contributed by atoms with Gasteiger partial charge in [-0.25, -0.2) is 9.79 Å². The van der Waals surface area contributed by atoms with Crippen molar-refractivity contribution in [2.24, 2.45) is 4.99 Å². The first-order valence-corrected chi connectivity index (χ1v) is 15.6. The second-order valence-corrected chi connectivity index (χ2v) is 11.9. The quantitative estimate of drug-likeness (QED) is 0.168. The maximum absolute atomic E-state index is 14.1. The zero-order valence-corrected chi connectivity index (χ0v) is 27.9. The predicted octanol–water partition coefficient (Wildman–Crippen LogP) is 5.01. The summed E-state index contributed by atoms with van der Waals surface area (Å²) < 4.78 is 30.9. The van der Waals surface area contributed by atoms with Crippen molar-refractivity contribution >= 4 is 46.0 Å². The van der Waals surface area contributed by atoms with Crippen LogP contribution in [0.3, 0.4) is 0 Å². The first-order chi connectivity index (χ1) is 21.3. The van der Waals surface area contributed by atoms with Gasteiger partial charge in [-0.3, -0.25) is 9.36 Å². The van der Waals surface area contributed by atoms with Crippen LogP contribution in [-0.2, 0) is 16.1 Å². The number of hydrogen-bond donors (Lipinski definition) is 0. The summed E-state index contributed by atoms with van der Waals surface area (Å²) in [5.74, 6) is 1.64. The van der Waals surface area contributed by atoms with Crippen molar-refractivity contribution in [1.29, 1.82) is 0 Å². The van der Waals surface area contributed by atoms with Crippen LogP contribution in [0.4, 0.5) is 0 Å². The van der Waals surface area contributed by atoms with Gasteiger partial charge >= 0.3 is 5.97 Å². The summed E-state index contributed by atoms with van der Waals surface area (Å²) in [5.41, 5.74) is 2.93. The average Bonchev–Trinajstić information content (AvgIpc) is 3.33. The highest BCUT2D eigenvalue weighted by molar-refractivity contribution is 14.1. The number of methoxy groups -OCH3 is 3. The lowest BCUT2D eigenvalue weighted by molar-refractivity contribution is -0.139. The maximum Gasteiger partial charge on any atom is 0.338 e. The van der Waals surface area contributed by atoms with Crippen LogP contribution < -0.4 is 33.8 Å². The molecule has 1 aromatic heterocycles. The number of esters is 1. The largest absolute Gasteiger partial charge is 0.493 e. The number of fused-ring (bicyclic) bond motifs is 1. The molecule has 0 unspecified atom stereocenters. The molecule has 1 aliphatic rings. The number of thiazole rings is 1. The molecule has 0 fully saturated rings. The summed E-state index contributed by atoms with van der Waals surface area (Å²) >= 11 is 3.45. The Labute approximate surface area is 272 Å². The first-order valence-electron chi connectivity index (χ1n) is 13.7. The number of halogens is 1. The number of benzene rings is 3. The Morgan fingerprint density at radius 1 is 1.00 bits per heavy atom. The first kappa shape index (κ1) is 31.3. The van der Waals surface area contributed by atoms with E-state index in [1.54, 1.807) is 46.3 Å². The van der Waals surface area contributed by atoms with Crippen LogP contribution in [0, 0.1) is 3.57 Å². The normalized spacial score (nSPS) is 14.5. The van der Waals surface area contributed by atoms with E-state index >= 15 is 0 Å². The van der Waals surface area contributed by atoms with Crippen molar-refractivity contribution in [3.05, 3.63) is 112 Å². The molecular formula is C33H31IN2O7S. The Morgan fingerprint density at radius 3 is 2.41 bits per heavy atom. The highest BCUT2D eigenvalue weighted by Crippen LogP contribution is 2.37.